The van der Waals surface area contributed by atoms with Crippen LogP contribution in [0.5, 0.6) is 5.75 Å². The van der Waals surface area contributed by atoms with Crippen LogP contribution in [0.4, 0.5) is 4.39 Å². The van der Waals surface area contributed by atoms with E-state index < -0.39 is 0 Å². The lowest BCUT2D eigenvalue weighted by atomic mass is 9.80. The number of aromatic amines is 1. The summed E-state index contributed by atoms with van der Waals surface area (Å²) in [6.07, 6.45) is 15.0. The molecule has 2 aliphatic rings. The first kappa shape index (κ1) is 26.6. The molecule has 2 aliphatic carbocycles. The van der Waals surface area contributed by atoms with E-state index in [-0.39, 0.29) is 22.6 Å². The minimum absolute atomic E-state index is 0.132. The summed E-state index contributed by atoms with van der Waals surface area (Å²) < 4.78 is 22.0. The number of aryl methyl sites for hydroxylation is 1. The fourth-order valence-electron chi connectivity index (χ4n) is 5.53. The van der Waals surface area contributed by atoms with Gasteiger partial charge >= 0.3 is 5.69 Å². The SMILES string of the molecule is CC1CCCCC(NCCCCCCCn2ccc(=O)[nH]c2=O)(c2ccc(F)c(OCC3CC3)c2)C1. The standard InChI is InChI=1S/C29H42FN3O3/c1-22-9-5-6-15-29(20-22,24-12-13-25(30)26(19-24)36-21-23-10-11-23)31-16-7-3-2-4-8-17-33-18-14-27(34)32-28(33)35/h12-14,18-19,22-23,31H,2-11,15-17,20-21H2,1H3,(H,32,34,35). The zero-order valence-electron chi connectivity index (χ0n) is 21.7. The van der Waals surface area contributed by atoms with Gasteiger partial charge in [0, 0.05) is 24.3 Å². The van der Waals surface area contributed by atoms with Crippen molar-refractivity contribution in [2.75, 3.05) is 13.2 Å². The maximum Gasteiger partial charge on any atom is 0.328 e. The predicted octanol–water partition coefficient (Wildman–Crippen LogP) is 5.50. The molecule has 2 aromatic rings. The summed E-state index contributed by atoms with van der Waals surface area (Å²) in [7, 11) is 0. The van der Waals surface area contributed by atoms with E-state index in [0.717, 1.165) is 57.1 Å². The first-order chi connectivity index (χ1) is 17.4. The number of benzene rings is 1. The molecule has 7 heteroatoms. The third-order valence-electron chi connectivity index (χ3n) is 7.84. The number of hydrogen-bond donors (Lipinski definition) is 2. The van der Waals surface area contributed by atoms with Crippen molar-refractivity contribution in [2.45, 2.75) is 96.1 Å². The van der Waals surface area contributed by atoms with Crippen LogP contribution in [0.25, 0.3) is 0 Å². The Morgan fingerprint density at radius 1 is 1.08 bits per heavy atom. The minimum Gasteiger partial charge on any atom is -0.490 e. The van der Waals surface area contributed by atoms with Crippen molar-refractivity contribution in [3.05, 3.63) is 62.7 Å². The van der Waals surface area contributed by atoms with Gasteiger partial charge in [-0.2, -0.15) is 0 Å². The molecule has 198 valence electrons. The minimum atomic E-state index is -0.354. The number of aromatic nitrogens is 2. The molecule has 2 unspecified atom stereocenters. The van der Waals surface area contributed by atoms with Gasteiger partial charge in [-0.3, -0.25) is 9.78 Å². The molecule has 0 radical (unpaired) electrons. The molecule has 0 spiro atoms. The van der Waals surface area contributed by atoms with E-state index in [9.17, 15) is 14.0 Å². The molecule has 0 aliphatic heterocycles. The van der Waals surface area contributed by atoms with Gasteiger partial charge < -0.3 is 14.6 Å². The lowest BCUT2D eigenvalue weighted by Gasteiger charge is -2.37. The maximum absolute atomic E-state index is 14.5. The molecule has 6 nitrogen and oxygen atoms in total. The van der Waals surface area contributed by atoms with Crippen LogP contribution >= 0.6 is 0 Å². The Morgan fingerprint density at radius 3 is 2.69 bits per heavy atom. The van der Waals surface area contributed by atoms with E-state index in [1.807, 2.05) is 12.1 Å². The summed E-state index contributed by atoms with van der Waals surface area (Å²) in [6.45, 7) is 4.52. The average Bonchev–Trinajstić information content (AvgIpc) is 3.69. The molecule has 2 fully saturated rings. The van der Waals surface area contributed by atoms with Gasteiger partial charge in [0.15, 0.2) is 11.6 Å². The molecular formula is C29H42FN3O3. The van der Waals surface area contributed by atoms with E-state index in [4.69, 9.17) is 4.74 Å². The summed E-state index contributed by atoms with van der Waals surface area (Å²) in [5.41, 5.74) is 0.339. The van der Waals surface area contributed by atoms with Gasteiger partial charge in [0.2, 0.25) is 0 Å². The highest BCUT2D eigenvalue weighted by molar-refractivity contribution is 5.35. The van der Waals surface area contributed by atoms with Crippen molar-refractivity contribution >= 4 is 0 Å². The van der Waals surface area contributed by atoms with E-state index in [2.05, 4.69) is 17.2 Å². The Labute approximate surface area is 213 Å². The Hall–Kier alpha value is -2.41. The Kier molecular flexibility index (Phi) is 9.41. The number of unbranched alkanes of at least 4 members (excludes halogenated alkanes) is 4. The van der Waals surface area contributed by atoms with Gasteiger partial charge in [-0.25, -0.2) is 9.18 Å². The van der Waals surface area contributed by atoms with Gasteiger partial charge in [0.05, 0.1) is 6.61 Å². The number of nitrogens with zero attached hydrogens (tertiary/aromatic N) is 1. The summed E-state index contributed by atoms with van der Waals surface area (Å²) in [6, 6.07) is 6.90. The first-order valence-electron chi connectivity index (χ1n) is 13.9. The number of ether oxygens (including phenoxy) is 1. The van der Waals surface area contributed by atoms with Gasteiger partial charge in [-0.1, -0.05) is 51.5 Å². The summed E-state index contributed by atoms with van der Waals surface area (Å²) in [5.74, 6) is 1.35. The van der Waals surface area contributed by atoms with Crippen molar-refractivity contribution in [3.63, 3.8) is 0 Å². The number of nitrogens with one attached hydrogen (secondary N) is 2. The maximum atomic E-state index is 14.5. The van der Waals surface area contributed by atoms with Crippen LogP contribution in [0.3, 0.4) is 0 Å². The molecular weight excluding hydrogens is 457 g/mol. The number of halogens is 1. The predicted molar refractivity (Wildman–Crippen MR) is 141 cm³/mol. The van der Waals surface area contributed by atoms with Crippen LogP contribution < -0.4 is 21.3 Å². The van der Waals surface area contributed by atoms with Crippen LogP contribution in [0.15, 0.2) is 40.1 Å². The van der Waals surface area contributed by atoms with Gasteiger partial charge in [0.25, 0.3) is 5.56 Å². The Morgan fingerprint density at radius 2 is 1.89 bits per heavy atom. The second-order valence-corrected chi connectivity index (χ2v) is 11.0. The molecule has 2 saturated carbocycles. The zero-order valence-corrected chi connectivity index (χ0v) is 21.7. The highest BCUT2D eigenvalue weighted by Gasteiger charge is 2.35. The monoisotopic (exact) mass is 499 g/mol. The Bertz CT molecular complexity index is 1090. The second-order valence-electron chi connectivity index (χ2n) is 11.0. The largest absolute Gasteiger partial charge is 0.490 e. The van der Waals surface area contributed by atoms with Crippen LogP contribution in [0, 0.1) is 17.7 Å². The highest BCUT2D eigenvalue weighted by Crippen LogP contribution is 2.40. The Balaban J connectivity index is 1.28. The van der Waals surface area contributed by atoms with E-state index in [1.165, 1.54) is 38.2 Å². The zero-order chi connectivity index (χ0) is 25.4. The van der Waals surface area contributed by atoms with Crippen LogP contribution in [0.2, 0.25) is 0 Å². The molecule has 1 aromatic heterocycles. The van der Waals surface area contributed by atoms with Crippen LogP contribution in [-0.4, -0.2) is 22.7 Å². The number of rotatable bonds is 13. The molecule has 1 aromatic carbocycles. The van der Waals surface area contributed by atoms with Crippen molar-refractivity contribution in [2.24, 2.45) is 11.8 Å². The van der Waals surface area contributed by atoms with E-state index >= 15 is 0 Å². The van der Waals surface area contributed by atoms with E-state index in [0.29, 0.717) is 30.7 Å². The van der Waals surface area contributed by atoms with Crippen molar-refractivity contribution < 1.29 is 9.13 Å². The third kappa shape index (κ3) is 7.55. The molecule has 36 heavy (non-hydrogen) atoms. The summed E-state index contributed by atoms with van der Waals surface area (Å²) in [5, 5.41) is 3.92. The number of H-pyrrole nitrogens is 1. The van der Waals surface area contributed by atoms with Crippen molar-refractivity contribution in [1.29, 1.82) is 0 Å². The molecule has 2 N–H and O–H groups in total. The molecule has 2 atom stereocenters. The number of hydrogen-bond acceptors (Lipinski definition) is 4. The summed E-state index contributed by atoms with van der Waals surface area (Å²) in [4.78, 5) is 25.2. The van der Waals surface area contributed by atoms with Crippen LogP contribution in [0.1, 0.15) is 89.5 Å². The fourth-order valence-corrected chi connectivity index (χ4v) is 5.53. The quantitative estimate of drug-likeness (QED) is 0.282. The van der Waals surface area contributed by atoms with Crippen molar-refractivity contribution in [3.8, 4) is 5.75 Å². The fraction of sp³-hybridized carbons (Fsp3) is 0.655. The normalized spacial score (nSPS) is 22.3. The molecule has 4 rings (SSSR count). The average molecular weight is 500 g/mol. The lowest BCUT2D eigenvalue weighted by Crippen LogP contribution is -2.43. The summed E-state index contributed by atoms with van der Waals surface area (Å²) >= 11 is 0. The highest BCUT2D eigenvalue weighted by atomic mass is 19.1. The topological polar surface area (TPSA) is 76.1 Å². The lowest BCUT2D eigenvalue weighted by molar-refractivity contribution is 0.253. The van der Waals surface area contributed by atoms with Gasteiger partial charge in [0.1, 0.15) is 0 Å². The molecule has 1 heterocycles. The third-order valence-corrected chi connectivity index (χ3v) is 7.84. The van der Waals surface area contributed by atoms with E-state index in [1.54, 1.807) is 16.8 Å². The van der Waals surface area contributed by atoms with Gasteiger partial charge in [-0.15, -0.1) is 0 Å². The van der Waals surface area contributed by atoms with Crippen LogP contribution in [-0.2, 0) is 12.1 Å². The second kappa shape index (κ2) is 12.7. The first-order valence-corrected chi connectivity index (χ1v) is 13.9. The molecule has 0 amide bonds. The van der Waals surface area contributed by atoms with Gasteiger partial charge in [-0.05, 0) is 74.6 Å². The molecule has 0 saturated heterocycles. The smallest absolute Gasteiger partial charge is 0.328 e. The van der Waals surface area contributed by atoms with Crippen molar-refractivity contribution in [1.82, 2.24) is 14.9 Å². The molecule has 0 bridgehead atoms.